The van der Waals surface area contributed by atoms with Crippen molar-refractivity contribution >= 4 is 11.4 Å². The lowest BCUT2D eigenvalue weighted by Crippen LogP contribution is -2.26. The van der Waals surface area contributed by atoms with Crippen LogP contribution < -0.4 is 10.6 Å². The van der Waals surface area contributed by atoms with Crippen LogP contribution in [-0.2, 0) is 0 Å². The predicted octanol–water partition coefficient (Wildman–Crippen LogP) is 3.79. The number of nitriles is 1. The van der Waals surface area contributed by atoms with E-state index in [4.69, 9.17) is 11.0 Å². The lowest BCUT2D eigenvalue weighted by molar-refractivity contribution is 0.220. The Balaban J connectivity index is 2.13. The molecule has 1 aliphatic rings. The van der Waals surface area contributed by atoms with E-state index in [9.17, 15) is 0 Å². The summed E-state index contributed by atoms with van der Waals surface area (Å²) in [6.07, 6.45) is 3.71. The molecule has 0 spiro atoms. The SMILES string of the molecule is CC(C)(C)C1CCCN(c2ccc(C#N)cc2N)CC1. The third kappa shape index (κ3) is 3.25. The van der Waals surface area contributed by atoms with Gasteiger partial charge in [-0.2, -0.15) is 5.26 Å². The van der Waals surface area contributed by atoms with Crippen molar-refractivity contribution in [3.63, 3.8) is 0 Å². The molecule has 1 unspecified atom stereocenters. The number of nitrogens with two attached hydrogens (primary N) is 1. The summed E-state index contributed by atoms with van der Waals surface area (Å²) in [7, 11) is 0. The smallest absolute Gasteiger partial charge is 0.0992 e. The molecule has 3 heteroatoms. The summed E-state index contributed by atoms with van der Waals surface area (Å²) < 4.78 is 0. The number of hydrogen-bond acceptors (Lipinski definition) is 3. The molecule has 0 aromatic heterocycles. The molecule has 0 saturated carbocycles. The fourth-order valence-corrected chi connectivity index (χ4v) is 3.12. The van der Waals surface area contributed by atoms with Crippen molar-refractivity contribution in [3.8, 4) is 6.07 Å². The standard InChI is InChI=1S/C17H25N3/c1-17(2,3)14-5-4-9-20(10-8-14)16-7-6-13(12-18)11-15(16)19/h6-7,11,14H,4-5,8-10,19H2,1-3H3. The zero-order valence-corrected chi connectivity index (χ0v) is 12.8. The Kier molecular flexibility index (Phi) is 4.23. The number of rotatable bonds is 1. The Morgan fingerprint density at radius 3 is 2.60 bits per heavy atom. The average Bonchev–Trinajstić information content (AvgIpc) is 2.63. The zero-order chi connectivity index (χ0) is 14.8. The fourth-order valence-electron chi connectivity index (χ4n) is 3.12. The van der Waals surface area contributed by atoms with Gasteiger partial charge in [-0.1, -0.05) is 20.8 Å². The van der Waals surface area contributed by atoms with Crippen molar-refractivity contribution in [1.29, 1.82) is 5.26 Å². The van der Waals surface area contributed by atoms with E-state index in [1.807, 2.05) is 12.1 Å². The first kappa shape index (κ1) is 14.7. The molecule has 1 saturated heterocycles. The molecule has 1 heterocycles. The zero-order valence-electron chi connectivity index (χ0n) is 12.8. The van der Waals surface area contributed by atoms with E-state index in [-0.39, 0.29) is 0 Å². The second-order valence-electron chi connectivity index (χ2n) is 6.87. The van der Waals surface area contributed by atoms with Gasteiger partial charge in [-0.05, 0) is 48.8 Å². The van der Waals surface area contributed by atoms with Crippen LogP contribution in [0, 0.1) is 22.7 Å². The third-order valence-electron chi connectivity index (χ3n) is 4.45. The molecule has 2 rings (SSSR count). The van der Waals surface area contributed by atoms with E-state index in [0.717, 1.165) is 30.4 Å². The van der Waals surface area contributed by atoms with Crippen LogP contribution in [0.15, 0.2) is 18.2 Å². The number of nitrogen functional groups attached to an aromatic ring is 1. The van der Waals surface area contributed by atoms with Crippen molar-refractivity contribution in [2.75, 3.05) is 23.7 Å². The first-order chi connectivity index (χ1) is 9.41. The summed E-state index contributed by atoms with van der Waals surface area (Å²) in [4.78, 5) is 2.38. The molecule has 2 N–H and O–H groups in total. The second kappa shape index (κ2) is 5.75. The molecule has 0 radical (unpaired) electrons. The third-order valence-corrected chi connectivity index (χ3v) is 4.45. The van der Waals surface area contributed by atoms with Crippen molar-refractivity contribution in [2.24, 2.45) is 11.3 Å². The molecule has 1 fully saturated rings. The lowest BCUT2D eigenvalue weighted by Gasteiger charge is -2.30. The molecule has 1 aliphatic heterocycles. The van der Waals surface area contributed by atoms with Crippen LogP contribution in [0.4, 0.5) is 11.4 Å². The molecule has 0 bridgehead atoms. The molecule has 0 aliphatic carbocycles. The van der Waals surface area contributed by atoms with Gasteiger partial charge >= 0.3 is 0 Å². The van der Waals surface area contributed by atoms with Crippen LogP contribution in [0.5, 0.6) is 0 Å². The van der Waals surface area contributed by atoms with Gasteiger partial charge in [0.1, 0.15) is 0 Å². The minimum Gasteiger partial charge on any atom is -0.397 e. The van der Waals surface area contributed by atoms with Gasteiger partial charge in [0.25, 0.3) is 0 Å². The Hall–Kier alpha value is -1.69. The first-order valence-corrected chi connectivity index (χ1v) is 7.46. The van der Waals surface area contributed by atoms with Gasteiger partial charge in [-0.15, -0.1) is 0 Å². The minimum atomic E-state index is 0.381. The highest BCUT2D eigenvalue weighted by molar-refractivity contribution is 5.69. The first-order valence-electron chi connectivity index (χ1n) is 7.46. The van der Waals surface area contributed by atoms with Crippen LogP contribution in [0.3, 0.4) is 0 Å². The van der Waals surface area contributed by atoms with Gasteiger partial charge in [0.05, 0.1) is 23.0 Å². The monoisotopic (exact) mass is 271 g/mol. The van der Waals surface area contributed by atoms with E-state index in [1.54, 1.807) is 6.07 Å². The summed E-state index contributed by atoms with van der Waals surface area (Å²) in [6.45, 7) is 9.12. The van der Waals surface area contributed by atoms with Gasteiger partial charge in [-0.3, -0.25) is 0 Å². The fraction of sp³-hybridized carbons (Fsp3) is 0.588. The van der Waals surface area contributed by atoms with Crippen LogP contribution >= 0.6 is 0 Å². The Bertz CT molecular complexity index is 508. The van der Waals surface area contributed by atoms with Crippen molar-refractivity contribution in [1.82, 2.24) is 0 Å². The Morgan fingerprint density at radius 2 is 2.00 bits per heavy atom. The predicted molar refractivity (Wildman–Crippen MR) is 84.6 cm³/mol. The Labute approximate surface area is 122 Å². The lowest BCUT2D eigenvalue weighted by atomic mass is 9.77. The molecule has 1 atom stereocenters. The highest BCUT2D eigenvalue weighted by atomic mass is 15.1. The second-order valence-corrected chi connectivity index (χ2v) is 6.87. The maximum Gasteiger partial charge on any atom is 0.0992 e. The van der Waals surface area contributed by atoms with E-state index in [0.29, 0.717) is 11.0 Å². The van der Waals surface area contributed by atoms with E-state index >= 15 is 0 Å². The summed E-state index contributed by atoms with van der Waals surface area (Å²) in [5.74, 6) is 0.770. The molecule has 1 aromatic carbocycles. The van der Waals surface area contributed by atoms with Crippen molar-refractivity contribution < 1.29 is 0 Å². The van der Waals surface area contributed by atoms with Gasteiger partial charge < -0.3 is 10.6 Å². The molecular formula is C17H25N3. The van der Waals surface area contributed by atoms with E-state index in [1.165, 1.54) is 19.3 Å². The molecule has 3 nitrogen and oxygen atoms in total. The summed E-state index contributed by atoms with van der Waals surface area (Å²) in [6, 6.07) is 7.77. The minimum absolute atomic E-state index is 0.381. The number of benzene rings is 1. The van der Waals surface area contributed by atoms with Crippen LogP contribution in [-0.4, -0.2) is 13.1 Å². The van der Waals surface area contributed by atoms with Crippen molar-refractivity contribution in [2.45, 2.75) is 40.0 Å². The van der Waals surface area contributed by atoms with Gasteiger partial charge in [0.2, 0.25) is 0 Å². The summed E-state index contributed by atoms with van der Waals surface area (Å²) in [5, 5.41) is 8.91. The molecular weight excluding hydrogens is 246 g/mol. The van der Waals surface area contributed by atoms with Crippen LogP contribution in [0.25, 0.3) is 0 Å². The summed E-state index contributed by atoms with van der Waals surface area (Å²) in [5.41, 5.74) is 8.92. The van der Waals surface area contributed by atoms with Gasteiger partial charge in [-0.25, -0.2) is 0 Å². The average molecular weight is 271 g/mol. The molecule has 0 amide bonds. The maximum absolute atomic E-state index is 8.91. The highest BCUT2D eigenvalue weighted by Gasteiger charge is 2.27. The largest absolute Gasteiger partial charge is 0.397 e. The number of nitrogens with zero attached hydrogens (tertiary/aromatic N) is 2. The maximum atomic E-state index is 8.91. The Morgan fingerprint density at radius 1 is 1.25 bits per heavy atom. The van der Waals surface area contributed by atoms with Crippen LogP contribution in [0.2, 0.25) is 0 Å². The van der Waals surface area contributed by atoms with E-state index < -0.39 is 0 Å². The topological polar surface area (TPSA) is 53.0 Å². The number of hydrogen-bond donors (Lipinski definition) is 1. The quantitative estimate of drug-likeness (QED) is 0.791. The molecule has 108 valence electrons. The van der Waals surface area contributed by atoms with Crippen LogP contribution in [0.1, 0.15) is 45.6 Å². The molecule has 1 aromatic rings. The normalized spacial score (nSPS) is 20.3. The number of anilines is 2. The summed E-state index contributed by atoms with van der Waals surface area (Å²) >= 11 is 0. The van der Waals surface area contributed by atoms with Crippen molar-refractivity contribution in [3.05, 3.63) is 23.8 Å². The van der Waals surface area contributed by atoms with Gasteiger partial charge in [0.15, 0.2) is 0 Å². The van der Waals surface area contributed by atoms with E-state index in [2.05, 4.69) is 31.7 Å². The molecule has 20 heavy (non-hydrogen) atoms. The highest BCUT2D eigenvalue weighted by Crippen LogP contribution is 2.36. The van der Waals surface area contributed by atoms with Gasteiger partial charge in [0, 0.05) is 13.1 Å².